The number of rotatable bonds is 5. The Morgan fingerprint density at radius 2 is 1.88 bits per heavy atom. The summed E-state index contributed by atoms with van der Waals surface area (Å²) in [6.07, 6.45) is -1.75. The lowest BCUT2D eigenvalue weighted by molar-refractivity contribution is -0.181. The lowest BCUT2D eigenvalue weighted by atomic mass is 10.1. The van der Waals surface area contributed by atoms with Crippen LogP contribution in [0.5, 0.6) is 0 Å². The Hall–Kier alpha value is -1.87. The van der Waals surface area contributed by atoms with Crippen LogP contribution in [0.25, 0.3) is 0 Å². The molecule has 0 bridgehead atoms. The molecule has 1 fully saturated rings. The molecule has 0 saturated carbocycles. The smallest absolute Gasteiger partial charge is 0.386 e. The Balaban J connectivity index is 1.95. The number of nitrogens with zero attached hydrogens (tertiary/aromatic N) is 4. The molecule has 2 heterocycles. The van der Waals surface area contributed by atoms with Crippen LogP contribution in [0.2, 0.25) is 0 Å². The van der Waals surface area contributed by atoms with E-state index in [4.69, 9.17) is 0 Å². The highest BCUT2D eigenvalue weighted by Gasteiger charge is 2.41. The molecule has 0 radical (unpaired) electrons. The second-order valence-electron chi connectivity index (χ2n) is 6.23. The van der Waals surface area contributed by atoms with E-state index in [1.165, 1.54) is 11.8 Å². The second-order valence-corrected chi connectivity index (χ2v) is 6.23. The van der Waals surface area contributed by atoms with Gasteiger partial charge in [0.1, 0.15) is 6.04 Å². The number of piperazine rings is 1. The fourth-order valence-electron chi connectivity index (χ4n) is 2.82. The summed E-state index contributed by atoms with van der Waals surface area (Å²) in [4.78, 5) is 11.7. The van der Waals surface area contributed by atoms with Gasteiger partial charge in [0.05, 0.1) is 12.6 Å². The first kappa shape index (κ1) is 20.4. The number of aliphatic imine (C=N–C) groups is 1. The van der Waals surface area contributed by atoms with Crippen molar-refractivity contribution in [3.63, 3.8) is 0 Å². The molecule has 2 rings (SSSR count). The van der Waals surface area contributed by atoms with Gasteiger partial charge in [-0.15, -0.1) is 0 Å². The maximum Gasteiger partial charge on any atom is 0.403 e. The van der Waals surface area contributed by atoms with Crippen LogP contribution in [-0.2, 0) is 0 Å². The van der Waals surface area contributed by atoms with Crippen molar-refractivity contribution >= 4 is 5.96 Å². The van der Waals surface area contributed by atoms with E-state index >= 15 is 0 Å². The van der Waals surface area contributed by atoms with E-state index in [0.29, 0.717) is 38.7 Å². The molecule has 1 aromatic rings. The molecule has 6 nitrogen and oxygen atoms in total. The van der Waals surface area contributed by atoms with Crippen molar-refractivity contribution in [2.75, 3.05) is 39.3 Å². The van der Waals surface area contributed by atoms with Crippen molar-refractivity contribution in [1.29, 1.82) is 0 Å². The molecule has 0 aromatic carbocycles. The third kappa shape index (κ3) is 5.57. The molecule has 1 aromatic heterocycles. The number of pyridine rings is 1. The van der Waals surface area contributed by atoms with Gasteiger partial charge in [-0.1, -0.05) is 0 Å². The highest BCUT2D eigenvalue weighted by molar-refractivity contribution is 5.80. The molecular formula is C17H26F3N5O. The number of alkyl halides is 3. The largest absolute Gasteiger partial charge is 0.403 e. The minimum Gasteiger partial charge on any atom is -0.386 e. The number of hydrogen-bond acceptors (Lipinski definition) is 4. The number of aromatic nitrogens is 1. The SMILES string of the molecule is CCNC(=NCC(O)c1ccncc1)N1CCN(C(C)C(F)(F)F)CC1. The van der Waals surface area contributed by atoms with E-state index in [-0.39, 0.29) is 6.54 Å². The van der Waals surface area contributed by atoms with Gasteiger partial charge in [-0.2, -0.15) is 13.2 Å². The van der Waals surface area contributed by atoms with Crippen molar-refractivity contribution in [3.05, 3.63) is 30.1 Å². The number of hydrogen-bond donors (Lipinski definition) is 2. The van der Waals surface area contributed by atoms with E-state index in [2.05, 4.69) is 15.3 Å². The Labute approximate surface area is 151 Å². The van der Waals surface area contributed by atoms with E-state index in [9.17, 15) is 18.3 Å². The normalized spacial score (nSPS) is 19.3. The molecular weight excluding hydrogens is 347 g/mol. The van der Waals surface area contributed by atoms with Gasteiger partial charge < -0.3 is 15.3 Å². The van der Waals surface area contributed by atoms with Gasteiger partial charge in [0.25, 0.3) is 0 Å². The standard InChI is InChI=1S/C17H26F3N5O/c1-3-22-16(23-12-15(26)14-4-6-21-7-5-14)25-10-8-24(9-11-25)13(2)17(18,19)20/h4-7,13,15,26H,3,8-12H2,1-2H3,(H,22,23). The summed E-state index contributed by atoms with van der Waals surface area (Å²) < 4.78 is 38.6. The molecule has 2 unspecified atom stereocenters. The maximum absolute atomic E-state index is 12.9. The lowest BCUT2D eigenvalue weighted by Gasteiger charge is -2.39. The average molecular weight is 373 g/mol. The molecule has 26 heavy (non-hydrogen) atoms. The Morgan fingerprint density at radius 1 is 1.27 bits per heavy atom. The average Bonchev–Trinajstić information content (AvgIpc) is 2.64. The highest BCUT2D eigenvalue weighted by Crippen LogP contribution is 2.25. The summed E-state index contributed by atoms with van der Waals surface area (Å²) in [5, 5.41) is 13.4. The van der Waals surface area contributed by atoms with Gasteiger partial charge in [0.15, 0.2) is 5.96 Å². The number of guanidine groups is 1. The highest BCUT2D eigenvalue weighted by atomic mass is 19.4. The molecule has 1 saturated heterocycles. The van der Waals surface area contributed by atoms with Crippen molar-refractivity contribution in [3.8, 4) is 0 Å². The zero-order valence-electron chi connectivity index (χ0n) is 15.1. The zero-order valence-corrected chi connectivity index (χ0v) is 15.1. The quantitative estimate of drug-likeness (QED) is 0.607. The van der Waals surface area contributed by atoms with Crippen LogP contribution < -0.4 is 5.32 Å². The maximum atomic E-state index is 12.9. The molecule has 146 valence electrons. The summed E-state index contributed by atoms with van der Waals surface area (Å²) in [6.45, 7) is 5.48. The van der Waals surface area contributed by atoms with Crippen molar-refractivity contribution in [1.82, 2.24) is 20.1 Å². The fourth-order valence-corrected chi connectivity index (χ4v) is 2.82. The van der Waals surface area contributed by atoms with E-state index in [1.54, 1.807) is 24.5 Å². The van der Waals surface area contributed by atoms with Crippen LogP contribution in [0, 0.1) is 0 Å². The zero-order chi connectivity index (χ0) is 19.2. The third-order valence-corrected chi connectivity index (χ3v) is 4.47. The number of aliphatic hydroxyl groups excluding tert-OH is 1. The first-order chi connectivity index (χ1) is 12.3. The monoisotopic (exact) mass is 373 g/mol. The number of aliphatic hydroxyl groups is 1. The summed E-state index contributed by atoms with van der Waals surface area (Å²) in [5.41, 5.74) is 0.725. The second kappa shape index (κ2) is 9.18. The Kier molecular flexibility index (Phi) is 7.22. The van der Waals surface area contributed by atoms with Gasteiger partial charge in [-0.05, 0) is 31.5 Å². The Bertz CT molecular complexity index is 574. The topological polar surface area (TPSA) is 64.0 Å². The molecule has 2 N–H and O–H groups in total. The van der Waals surface area contributed by atoms with E-state index in [1.807, 2.05) is 11.8 Å². The van der Waals surface area contributed by atoms with Crippen LogP contribution in [0.1, 0.15) is 25.5 Å². The summed E-state index contributed by atoms with van der Waals surface area (Å²) in [5.74, 6) is 0.611. The van der Waals surface area contributed by atoms with Gasteiger partial charge in [-0.3, -0.25) is 14.9 Å². The predicted molar refractivity (Wildman–Crippen MR) is 93.8 cm³/mol. The van der Waals surface area contributed by atoms with Crippen molar-refractivity contribution in [2.24, 2.45) is 4.99 Å². The summed E-state index contributed by atoms with van der Waals surface area (Å²) in [6, 6.07) is 2.01. The minimum atomic E-state index is -4.21. The molecule has 0 spiro atoms. The van der Waals surface area contributed by atoms with Crippen molar-refractivity contribution < 1.29 is 18.3 Å². The van der Waals surface area contributed by atoms with Crippen LogP contribution in [-0.4, -0.2) is 77.3 Å². The number of nitrogens with one attached hydrogen (secondary N) is 1. The third-order valence-electron chi connectivity index (χ3n) is 4.47. The Morgan fingerprint density at radius 3 is 2.42 bits per heavy atom. The lowest BCUT2D eigenvalue weighted by Crippen LogP contribution is -2.56. The molecule has 0 amide bonds. The minimum absolute atomic E-state index is 0.172. The first-order valence-corrected chi connectivity index (χ1v) is 8.75. The first-order valence-electron chi connectivity index (χ1n) is 8.75. The summed E-state index contributed by atoms with van der Waals surface area (Å²) in [7, 11) is 0. The van der Waals surface area contributed by atoms with E-state index < -0.39 is 18.3 Å². The molecule has 2 atom stereocenters. The van der Waals surface area contributed by atoms with Gasteiger partial charge in [-0.25, -0.2) is 0 Å². The predicted octanol–water partition coefficient (Wildman–Crippen LogP) is 1.65. The van der Waals surface area contributed by atoms with Gasteiger partial charge >= 0.3 is 6.18 Å². The van der Waals surface area contributed by atoms with Crippen LogP contribution in [0.15, 0.2) is 29.5 Å². The van der Waals surface area contributed by atoms with E-state index in [0.717, 1.165) is 5.56 Å². The van der Waals surface area contributed by atoms with Crippen LogP contribution >= 0.6 is 0 Å². The van der Waals surface area contributed by atoms with Crippen LogP contribution in [0.3, 0.4) is 0 Å². The molecule has 0 aliphatic carbocycles. The number of halogens is 3. The molecule has 1 aliphatic heterocycles. The van der Waals surface area contributed by atoms with Crippen LogP contribution in [0.4, 0.5) is 13.2 Å². The van der Waals surface area contributed by atoms with Gasteiger partial charge in [0.2, 0.25) is 0 Å². The van der Waals surface area contributed by atoms with Crippen molar-refractivity contribution in [2.45, 2.75) is 32.2 Å². The van der Waals surface area contributed by atoms with Gasteiger partial charge in [0, 0.05) is 45.1 Å². The molecule has 1 aliphatic rings. The summed E-state index contributed by atoms with van der Waals surface area (Å²) >= 11 is 0. The molecule has 9 heteroatoms. The fraction of sp³-hybridized carbons (Fsp3) is 0.647.